The van der Waals surface area contributed by atoms with Crippen LogP contribution in [0.5, 0.6) is 17.2 Å². The lowest BCUT2D eigenvalue weighted by Crippen LogP contribution is -2.19. The maximum Gasteiger partial charge on any atom is 0.264 e. The molecule has 4 rings (SSSR count). The number of carbonyl (C=O) groups excluding carboxylic acids is 1. The Morgan fingerprint density at radius 3 is 2.60 bits per heavy atom. The second-order valence-corrected chi connectivity index (χ2v) is 9.62. The maximum atomic E-state index is 12.6. The lowest BCUT2D eigenvalue weighted by Gasteiger charge is -2.15. The Morgan fingerprint density at radius 1 is 1.11 bits per heavy atom. The van der Waals surface area contributed by atoms with E-state index in [2.05, 4.69) is 26.2 Å². The quantitative estimate of drug-likeness (QED) is 0.295. The van der Waals surface area contributed by atoms with Gasteiger partial charge in [-0.05, 0) is 88.7 Å². The normalized spacial score (nSPS) is 15.4. The monoisotopic (exact) mass is 572 g/mol. The van der Waals surface area contributed by atoms with Crippen molar-refractivity contribution in [3.63, 3.8) is 0 Å². The van der Waals surface area contributed by atoms with Gasteiger partial charge >= 0.3 is 0 Å². The number of amidine groups is 1. The van der Waals surface area contributed by atoms with Crippen LogP contribution in [0, 0.1) is 0 Å². The molecule has 3 aromatic carbocycles. The maximum absolute atomic E-state index is 12.6. The number of hydrogen-bond donors (Lipinski definition) is 1. The van der Waals surface area contributed by atoms with Crippen LogP contribution in [0.25, 0.3) is 6.08 Å². The van der Waals surface area contributed by atoms with Crippen LogP contribution in [0.2, 0.25) is 5.02 Å². The van der Waals surface area contributed by atoms with Crippen LogP contribution in [-0.2, 0) is 11.4 Å². The number of ether oxygens (including phenoxy) is 3. The van der Waals surface area contributed by atoms with Crippen LogP contribution >= 0.6 is 39.3 Å². The minimum absolute atomic E-state index is 0.213. The Morgan fingerprint density at radius 2 is 1.89 bits per heavy atom. The molecule has 0 spiro atoms. The number of methoxy groups -OCH3 is 1. The van der Waals surface area contributed by atoms with Gasteiger partial charge in [0.05, 0.1) is 28.8 Å². The van der Waals surface area contributed by atoms with E-state index in [0.29, 0.717) is 44.3 Å². The molecule has 0 unspecified atom stereocenters. The van der Waals surface area contributed by atoms with Crippen molar-refractivity contribution < 1.29 is 19.0 Å². The summed E-state index contributed by atoms with van der Waals surface area (Å²) in [4.78, 5) is 17.6. The molecule has 1 aliphatic rings. The number of carbonyl (C=O) groups is 1. The van der Waals surface area contributed by atoms with Gasteiger partial charge in [-0.15, -0.1) is 0 Å². The number of hydrogen-bond acceptors (Lipinski definition) is 6. The molecule has 9 heteroatoms. The lowest BCUT2D eigenvalue weighted by atomic mass is 10.1. The minimum Gasteiger partial charge on any atom is -0.497 e. The molecular formula is C26H22BrClN2O4S. The highest BCUT2D eigenvalue weighted by atomic mass is 79.9. The van der Waals surface area contributed by atoms with Crippen molar-refractivity contribution in [2.75, 3.05) is 13.7 Å². The van der Waals surface area contributed by atoms with Crippen LogP contribution < -0.4 is 19.5 Å². The zero-order valence-corrected chi connectivity index (χ0v) is 22.2. The SMILES string of the molecule is CCOc1cc(/C=C2\SC(=Nc3ccc(OC)cc3)NC2=O)cc(Br)c1OCc1ccccc1Cl. The Labute approximate surface area is 221 Å². The van der Waals surface area contributed by atoms with E-state index in [9.17, 15) is 4.79 Å². The van der Waals surface area contributed by atoms with Crippen LogP contribution in [0.15, 0.2) is 75.0 Å². The van der Waals surface area contributed by atoms with Gasteiger partial charge in [0.1, 0.15) is 12.4 Å². The standard InChI is InChI=1S/C26H22BrClN2O4S/c1-3-33-22-13-16(12-20(27)24(22)34-15-17-6-4-5-7-21(17)28)14-23-25(31)30-26(35-23)29-18-8-10-19(32-2)11-9-18/h4-14H,3,15H2,1-2H3,(H,29,30,31)/b23-14-. The summed E-state index contributed by atoms with van der Waals surface area (Å²) in [6.45, 7) is 2.66. The molecule has 35 heavy (non-hydrogen) atoms. The van der Waals surface area contributed by atoms with Crippen molar-refractivity contribution in [3.8, 4) is 17.2 Å². The average molecular weight is 574 g/mol. The highest BCUT2D eigenvalue weighted by Crippen LogP contribution is 2.39. The van der Waals surface area contributed by atoms with E-state index in [1.807, 2.05) is 67.6 Å². The fourth-order valence-corrected chi connectivity index (χ4v) is 4.85. The number of halogens is 2. The van der Waals surface area contributed by atoms with E-state index < -0.39 is 0 Å². The van der Waals surface area contributed by atoms with E-state index in [1.165, 1.54) is 11.8 Å². The van der Waals surface area contributed by atoms with Gasteiger partial charge in [0, 0.05) is 10.6 Å². The molecule has 0 radical (unpaired) electrons. The van der Waals surface area contributed by atoms with Gasteiger partial charge in [0.2, 0.25) is 0 Å². The predicted molar refractivity (Wildman–Crippen MR) is 145 cm³/mol. The summed E-state index contributed by atoms with van der Waals surface area (Å²) in [5.41, 5.74) is 2.38. The second-order valence-electron chi connectivity index (χ2n) is 7.32. The molecule has 3 aromatic rings. The van der Waals surface area contributed by atoms with Crippen LogP contribution in [0.4, 0.5) is 5.69 Å². The van der Waals surface area contributed by atoms with E-state index >= 15 is 0 Å². The van der Waals surface area contributed by atoms with E-state index in [-0.39, 0.29) is 5.91 Å². The van der Waals surface area contributed by atoms with Gasteiger partial charge in [0.15, 0.2) is 16.7 Å². The van der Waals surface area contributed by atoms with Crippen molar-refractivity contribution in [1.82, 2.24) is 5.32 Å². The summed E-state index contributed by atoms with van der Waals surface area (Å²) in [5.74, 6) is 1.67. The van der Waals surface area contributed by atoms with Crippen LogP contribution in [0.1, 0.15) is 18.1 Å². The Balaban J connectivity index is 1.55. The number of thioether (sulfide) groups is 1. The van der Waals surface area contributed by atoms with Crippen molar-refractivity contribution in [3.05, 3.63) is 86.2 Å². The summed E-state index contributed by atoms with van der Waals surface area (Å²) in [6.07, 6.45) is 1.79. The lowest BCUT2D eigenvalue weighted by molar-refractivity contribution is -0.115. The van der Waals surface area contributed by atoms with Crippen molar-refractivity contribution in [2.24, 2.45) is 4.99 Å². The summed E-state index contributed by atoms with van der Waals surface area (Å²) in [5, 5.41) is 3.95. The fraction of sp³-hybridized carbons (Fsp3) is 0.154. The molecule has 0 atom stereocenters. The molecule has 0 saturated carbocycles. The zero-order valence-electron chi connectivity index (χ0n) is 19.0. The average Bonchev–Trinajstić information content (AvgIpc) is 3.18. The molecule has 1 aliphatic heterocycles. The molecule has 1 heterocycles. The Kier molecular flexibility index (Phi) is 8.38. The van der Waals surface area contributed by atoms with Gasteiger partial charge in [-0.3, -0.25) is 4.79 Å². The van der Waals surface area contributed by atoms with Gasteiger partial charge in [0.25, 0.3) is 5.91 Å². The Bertz CT molecular complexity index is 1300. The first-order valence-electron chi connectivity index (χ1n) is 10.7. The van der Waals surface area contributed by atoms with Gasteiger partial charge < -0.3 is 19.5 Å². The summed E-state index contributed by atoms with van der Waals surface area (Å²) in [7, 11) is 1.61. The molecule has 180 valence electrons. The molecule has 1 amide bonds. The number of amides is 1. The van der Waals surface area contributed by atoms with Crippen molar-refractivity contribution in [2.45, 2.75) is 13.5 Å². The number of aliphatic imine (C=N–C) groups is 1. The van der Waals surface area contributed by atoms with Gasteiger partial charge in [-0.1, -0.05) is 29.8 Å². The molecule has 0 aromatic heterocycles. The molecule has 1 N–H and O–H groups in total. The van der Waals surface area contributed by atoms with Crippen molar-refractivity contribution in [1.29, 1.82) is 0 Å². The summed E-state index contributed by atoms with van der Waals surface area (Å²) < 4.78 is 17.7. The molecule has 1 fully saturated rings. The summed E-state index contributed by atoms with van der Waals surface area (Å²) >= 11 is 11.1. The summed E-state index contributed by atoms with van der Waals surface area (Å²) in [6, 6.07) is 18.5. The number of nitrogens with one attached hydrogen (secondary N) is 1. The highest BCUT2D eigenvalue weighted by molar-refractivity contribution is 9.10. The topological polar surface area (TPSA) is 69.2 Å². The molecule has 0 aliphatic carbocycles. The molecule has 1 saturated heterocycles. The first-order chi connectivity index (χ1) is 17.0. The Hall–Kier alpha value is -2.94. The third-order valence-corrected chi connectivity index (χ3v) is 6.78. The highest BCUT2D eigenvalue weighted by Gasteiger charge is 2.24. The third-order valence-electron chi connectivity index (χ3n) is 4.91. The zero-order chi connectivity index (χ0) is 24.8. The third kappa shape index (κ3) is 6.39. The smallest absolute Gasteiger partial charge is 0.264 e. The second kappa shape index (κ2) is 11.7. The van der Waals surface area contributed by atoms with E-state index in [4.69, 9.17) is 25.8 Å². The first-order valence-corrected chi connectivity index (χ1v) is 12.7. The van der Waals surface area contributed by atoms with Gasteiger partial charge in [-0.25, -0.2) is 4.99 Å². The molecule has 0 bridgehead atoms. The van der Waals surface area contributed by atoms with Crippen LogP contribution in [0.3, 0.4) is 0 Å². The largest absolute Gasteiger partial charge is 0.497 e. The van der Waals surface area contributed by atoms with Gasteiger partial charge in [-0.2, -0.15) is 0 Å². The first kappa shape index (κ1) is 25.2. The number of benzene rings is 3. The molecular weight excluding hydrogens is 552 g/mol. The van der Waals surface area contributed by atoms with E-state index in [1.54, 1.807) is 13.2 Å². The number of nitrogens with zero attached hydrogens (tertiary/aromatic N) is 1. The minimum atomic E-state index is -0.213. The van der Waals surface area contributed by atoms with Crippen molar-refractivity contribution >= 4 is 62.1 Å². The predicted octanol–water partition coefficient (Wildman–Crippen LogP) is 6.98. The molecule has 6 nitrogen and oxygen atoms in total. The van der Waals surface area contributed by atoms with Crippen LogP contribution in [-0.4, -0.2) is 24.8 Å². The van der Waals surface area contributed by atoms with E-state index in [0.717, 1.165) is 22.6 Å². The number of rotatable bonds is 8. The fourth-order valence-electron chi connectivity index (χ4n) is 3.25.